The predicted octanol–water partition coefficient (Wildman–Crippen LogP) is 5.25. The first-order valence-electron chi connectivity index (χ1n) is 8.85. The highest BCUT2D eigenvalue weighted by Crippen LogP contribution is 2.49. The normalized spacial score (nSPS) is 21.2. The van der Waals surface area contributed by atoms with E-state index in [1.54, 1.807) is 0 Å². The third-order valence-electron chi connectivity index (χ3n) is 5.53. The molecule has 2 atom stereocenters. The Labute approximate surface area is 158 Å². The Morgan fingerprint density at radius 3 is 2.73 bits per heavy atom. The van der Waals surface area contributed by atoms with Crippen LogP contribution in [-0.4, -0.2) is 5.97 Å². The summed E-state index contributed by atoms with van der Waals surface area (Å²) >= 11 is 5.94. The van der Waals surface area contributed by atoms with Crippen molar-refractivity contribution >= 4 is 17.6 Å². The Kier molecular flexibility index (Phi) is 4.28. The third-order valence-corrected chi connectivity index (χ3v) is 5.78. The number of benzene rings is 2. The Bertz CT molecular complexity index is 899. The van der Waals surface area contributed by atoms with E-state index in [4.69, 9.17) is 21.1 Å². The highest BCUT2D eigenvalue weighted by atomic mass is 35.5. The van der Waals surface area contributed by atoms with Crippen molar-refractivity contribution < 1.29 is 14.3 Å². The molecule has 134 valence electrons. The number of ether oxygens (including phenoxy) is 2. The molecule has 0 amide bonds. The van der Waals surface area contributed by atoms with Gasteiger partial charge in [-0.15, -0.1) is 0 Å². The molecule has 4 rings (SSSR count). The molecule has 1 aliphatic heterocycles. The maximum absolute atomic E-state index is 12.0. The van der Waals surface area contributed by atoms with E-state index in [9.17, 15) is 4.79 Å². The van der Waals surface area contributed by atoms with Crippen LogP contribution in [0.2, 0.25) is 5.02 Å². The molecular formula is C22H21ClO3. The molecule has 2 aromatic rings. The van der Waals surface area contributed by atoms with Crippen LogP contribution in [0.4, 0.5) is 0 Å². The van der Waals surface area contributed by atoms with Gasteiger partial charge in [-0.1, -0.05) is 30.3 Å². The minimum absolute atomic E-state index is 0.0830. The second-order valence-electron chi connectivity index (χ2n) is 7.12. The number of hydrogen-bond acceptors (Lipinski definition) is 3. The van der Waals surface area contributed by atoms with Gasteiger partial charge in [0, 0.05) is 22.1 Å². The Morgan fingerprint density at radius 2 is 2.00 bits per heavy atom. The maximum Gasteiger partial charge on any atom is 0.334 e. The minimum atomic E-state index is -0.266. The average Bonchev–Trinajstić information content (AvgIpc) is 2.92. The maximum atomic E-state index is 12.0. The van der Waals surface area contributed by atoms with Gasteiger partial charge in [-0.2, -0.15) is 0 Å². The van der Waals surface area contributed by atoms with Crippen LogP contribution in [-0.2, 0) is 22.6 Å². The van der Waals surface area contributed by atoms with Crippen molar-refractivity contribution in [3.63, 3.8) is 0 Å². The summed E-state index contributed by atoms with van der Waals surface area (Å²) in [6.07, 6.45) is 1.63. The summed E-state index contributed by atoms with van der Waals surface area (Å²) in [6, 6.07) is 9.73. The predicted molar refractivity (Wildman–Crippen MR) is 101 cm³/mol. The van der Waals surface area contributed by atoms with E-state index in [1.165, 1.54) is 11.1 Å². The molecule has 26 heavy (non-hydrogen) atoms. The van der Waals surface area contributed by atoms with Gasteiger partial charge >= 0.3 is 5.97 Å². The zero-order chi connectivity index (χ0) is 18.4. The first-order valence-corrected chi connectivity index (χ1v) is 9.23. The number of rotatable bonds is 3. The van der Waals surface area contributed by atoms with E-state index >= 15 is 0 Å². The van der Waals surface area contributed by atoms with E-state index in [0.29, 0.717) is 17.2 Å². The number of hydrogen-bond donors (Lipinski definition) is 0. The van der Waals surface area contributed by atoms with Gasteiger partial charge in [0.1, 0.15) is 18.5 Å². The molecule has 2 aliphatic rings. The van der Waals surface area contributed by atoms with Crippen LogP contribution in [0, 0.1) is 19.8 Å². The molecule has 0 unspecified atom stereocenters. The number of carbonyl (C=O) groups excluding carboxylic acids is 1. The quantitative estimate of drug-likeness (QED) is 0.548. The first-order chi connectivity index (χ1) is 12.5. The summed E-state index contributed by atoms with van der Waals surface area (Å²) in [5, 5.41) is 0.712. The fourth-order valence-electron chi connectivity index (χ4n) is 4.06. The molecule has 1 heterocycles. The van der Waals surface area contributed by atoms with Crippen molar-refractivity contribution in [2.75, 3.05) is 0 Å². The largest absolute Gasteiger partial charge is 0.489 e. The first kappa shape index (κ1) is 17.2. The molecule has 1 saturated heterocycles. The van der Waals surface area contributed by atoms with Crippen LogP contribution < -0.4 is 4.74 Å². The topological polar surface area (TPSA) is 35.5 Å². The van der Waals surface area contributed by atoms with Gasteiger partial charge in [0.15, 0.2) is 0 Å². The number of halogens is 1. The lowest BCUT2D eigenvalue weighted by Crippen LogP contribution is -2.20. The standard InChI is InChI=1S/C22H21ClO3/c1-12-10-19(25-11-15-4-6-16(23)7-5-15)14(3)20-17(12)8-9-18-13(2)22(24)26-21(18)20/h4-7,10,18,21H,2,8-9,11H2,1,3H3/t18-,21+/m0/s1. The van der Waals surface area contributed by atoms with E-state index in [0.717, 1.165) is 35.3 Å². The number of esters is 1. The molecule has 2 aromatic carbocycles. The Balaban J connectivity index is 1.67. The van der Waals surface area contributed by atoms with Gasteiger partial charge < -0.3 is 9.47 Å². The van der Waals surface area contributed by atoms with Crippen molar-refractivity contribution in [1.82, 2.24) is 0 Å². The summed E-state index contributed by atoms with van der Waals surface area (Å²) in [4.78, 5) is 12.0. The molecule has 0 aromatic heterocycles. The van der Waals surface area contributed by atoms with Gasteiger partial charge in [-0.05, 0) is 67.1 Å². The summed E-state index contributed by atoms with van der Waals surface area (Å²) < 4.78 is 11.8. The Morgan fingerprint density at radius 1 is 1.27 bits per heavy atom. The van der Waals surface area contributed by atoms with Crippen LogP contribution in [0.3, 0.4) is 0 Å². The molecule has 1 aliphatic carbocycles. The highest BCUT2D eigenvalue weighted by molar-refractivity contribution is 6.30. The second-order valence-corrected chi connectivity index (χ2v) is 7.56. The molecule has 0 saturated carbocycles. The van der Waals surface area contributed by atoms with E-state index < -0.39 is 0 Å². The SMILES string of the molecule is C=C1C(=O)O[C@H]2c3c(C)c(OCc4ccc(Cl)cc4)cc(C)c3CC[C@@H]12. The molecule has 0 bridgehead atoms. The van der Waals surface area contributed by atoms with Crippen LogP contribution in [0.15, 0.2) is 42.5 Å². The van der Waals surface area contributed by atoms with E-state index in [-0.39, 0.29) is 18.0 Å². The van der Waals surface area contributed by atoms with E-state index in [2.05, 4.69) is 19.6 Å². The fourth-order valence-corrected chi connectivity index (χ4v) is 4.19. The molecule has 4 heteroatoms. The van der Waals surface area contributed by atoms with Crippen molar-refractivity contribution in [2.24, 2.45) is 5.92 Å². The van der Waals surface area contributed by atoms with Gasteiger partial charge in [0.2, 0.25) is 0 Å². The summed E-state index contributed by atoms with van der Waals surface area (Å²) in [6.45, 7) is 8.55. The zero-order valence-electron chi connectivity index (χ0n) is 15.0. The van der Waals surface area contributed by atoms with Crippen molar-refractivity contribution in [3.05, 3.63) is 75.3 Å². The lowest BCUT2D eigenvalue weighted by atomic mass is 9.76. The van der Waals surface area contributed by atoms with E-state index in [1.807, 2.05) is 31.2 Å². The molecule has 0 N–H and O–H groups in total. The van der Waals surface area contributed by atoms with Crippen molar-refractivity contribution in [3.8, 4) is 5.75 Å². The number of aryl methyl sites for hydroxylation is 1. The van der Waals surface area contributed by atoms with Crippen LogP contribution >= 0.6 is 11.6 Å². The molecule has 3 nitrogen and oxygen atoms in total. The van der Waals surface area contributed by atoms with Crippen LogP contribution in [0.5, 0.6) is 5.75 Å². The van der Waals surface area contributed by atoms with Crippen LogP contribution in [0.25, 0.3) is 0 Å². The molecule has 0 radical (unpaired) electrons. The van der Waals surface area contributed by atoms with Crippen LogP contribution in [0.1, 0.15) is 40.3 Å². The number of fused-ring (bicyclic) bond motifs is 3. The number of carbonyl (C=O) groups is 1. The molecular weight excluding hydrogens is 348 g/mol. The molecule has 1 fully saturated rings. The zero-order valence-corrected chi connectivity index (χ0v) is 15.7. The monoisotopic (exact) mass is 368 g/mol. The lowest BCUT2D eigenvalue weighted by molar-refractivity contribution is -0.139. The van der Waals surface area contributed by atoms with Gasteiger partial charge in [0.05, 0.1) is 0 Å². The van der Waals surface area contributed by atoms with Gasteiger partial charge in [-0.25, -0.2) is 4.79 Å². The summed E-state index contributed by atoms with van der Waals surface area (Å²) in [7, 11) is 0. The summed E-state index contributed by atoms with van der Waals surface area (Å²) in [5.74, 6) is 0.655. The second kappa shape index (κ2) is 6.48. The summed E-state index contributed by atoms with van der Waals surface area (Å²) in [5.41, 5.74) is 6.29. The van der Waals surface area contributed by atoms with Gasteiger partial charge in [0.25, 0.3) is 0 Å². The molecule has 0 spiro atoms. The average molecular weight is 369 g/mol. The van der Waals surface area contributed by atoms with Crippen molar-refractivity contribution in [1.29, 1.82) is 0 Å². The third kappa shape index (κ3) is 2.80. The lowest BCUT2D eigenvalue weighted by Gasteiger charge is -2.30. The fraction of sp³-hybridized carbons (Fsp3) is 0.318. The Hall–Kier alpha value is -2.26. The van der Waals surface area contributed by atoms with Gasteiger partial charge in [-0.3, -0.25) is 0 Å². The smallest absolute Gasteiger partial charge is 0.334 e. The minimum Gasteiger partial charge on any atom is -0.489 e. The highest BCUT2D eigenvalue weighted by Gasteiger charge is 2.44. The van der Waals surface area contributed by atoms with Crippen molar-refractivity contribution in [2.45, 2.75) is 39.4 Å².